The third-order valence-electron chi connectivity index (χ3n) is 7.34. The van der Waals surface area contributed by atoms with Gasteiger partial charge >= 0.3 is 6.09 Å². The minimum Gasteiger partial charge on any atom is -0.448 e. The Kier molecular flexibility index (Phi) is 5.48. The van der Waals surface area contributed by atoms with Gasteiger partial charge in [-0.3, -0.25) is 4.90 Å². The van der Waals surface area contributed by atoms with Gasteiger partial charge in [0, 0.05) is 28.2 Å². The summed E-state index contributed by atoms with van der Waals surface area (Å²) < 4.78 is 21.2. The van der Waals surface area contributed by atoms with Crippen LogP contribution in [-0.4, -0.2) is 34.7 Å². The molecule has 2 atom stereocenters. The van der Waals surface area contributed by atoms with Crippen molar-refractivity contribution in [2.75, 3.05) is 6.61 Å². The Morgan fingerprint density at radius 3 is 2.47 bits per heavy atom. The van der Waals surface area contributed by atoms with Crippen molar-refractivity contribution in [1.82, 2.24) is 9.88 Å². The lowest BCUT2D eigenvalue weighted by Crippen LogP contribution is -2.52. The highest BCUT2D eigenvalue weighted by Crippen LogP contribution is 2.45. The molecule has 0 saturated carbocycles. The molecule has 0 spiro atoms. The minimum absolute atomic E-state index is 0.00721. The maximum atomic E-state index is 14.4. The summed E-state index contributed by atoms with van der Waals surface area (Å²) in [5.41, 5.74) is 6.27. The van der Waals surface area contributed by atoms with Gasteiger partial charge in [0.2, 0.25) is 5.95 Å². The summed E-state index contributed by atoms with van der Waals surface area (Å²) in [5.74, 6) is -0.434. The molecule has 6 rings (SSSR count). The molecule has 1 saturated heterocycles. The van der Waals surface area contributed by atoms with Crippen LogP contribution < -0.4 is 0 Å². The summed E-state index contributed by atoms with van der Waals surface area (Å²) in [6.45, 7) is 0.309. The number of rotatable bonds is 3. The van der Waals surface area contributed by atoms with E-state index in [1.807, 2.05) is 35.2 Å². The van der Waals surface area contributed by atoms with Crippen LogP contribution in [0.1, 0.15) is 48.3 Å². The molecule has 6 heteroatoms. The van der Waals surface area contributed by atoms with Gasteiger partial charge in [-0.2, -0.15) is 4.39 Å². The molecule has 0 N–H and O–H groups in total. The second kappa shape index (κ2) is 8.66. The number of benzene rings is 2. The van der Waals surface area contributed by atoms with E-state index in [-0.39, 0.29) is 24.1 Å². The first kappa shape index (κ1) is 21.5. The van der Waals surface area contributed by atoms with Crippen LogP contribution in [0, 0.1) is 5.95 Å². The van der Waals surface area contributed by atoms with Crippen LogP contribution in [0.4, 0.5) is 9.18 Å². The van der Waals surface area contributed by atoms with Gasteiger partial charge in [0.25, 0.3) is 0 Å². The Hall–Kier alpha value is -2.99. The smallest absolute Gasteiger partial charge is 0.410 e. The number of nitrogens with zero attached hydrogens (tertiary/aromatic N) is 2. The van der Waals surface area contributed by atoms with Crippen molar-refractivity contribution in [3.05, 3.63) is 94.0 Å². The fourth-order valence-electron chi connectivity index (χ4n) is 5.83. The molecule has 2 bridgehead atoms. The average molecular weight is 519 g/mol. The number of pyridine rings is 1. The first-order valence-electron chi connectivity index (χ1n) is 11.8. The molecule has 2 aliphatic heterocycles. The number of ether oxygens (including phenoxy) is 1. The minimum atomic E-state index is -0.470. The number of carbonyl (C=O) groups is 1. The largest absolute Gasteiger partial charge is 0.448 e. The quantitative estimate of drug-likeness (QED) is 0.352. The molecule has 1 aromatic heterocycles. The molecule has 3 aromatic rings. The summed E-state index contributed by atoms with van der Waals surface area (Å²) in [7, 11) is 0. The van der Waals surface area contributed by atoms with Crippen molar-refractivity contribution >= 4 is 27.6 Å². The maximum Gasteiger partial charge on any atom is 0.410 e. The second-order valence-electron chi connectivity index (χ2n) is 9.25. The van der Waals surface area contributed by atoms with E-state index in [1.54, 1.807) is 6.07 Å². The van der Waals surface area contributed by atoms with Crippen LogP contribution >= 0.6 is 15.9 Å². The maximum absolute atomic E-state index is 14.4. The van der Waals surface area contributed by atoms with Crippen LogP contribution in [-0.2, 0) is 4.74 Å². The normalized spacial score (nSPS) is 21.0. The van der Waals surface area contributed by atoms with Crippen LogP contribution in [0.5, 0.6) is 0 Å². The van der Waals surface area contributed by atoms with Gasteiger partial charge in [-0.25, -0.2) is 9.78 Å². The van der Waals surface area contributed by atoms with Crippen LogP contribution in [0.25, 0.3) is 16.7 Å². The lowest BCUT2D eigenvalue weighted by atomic mass is 9.83. The fourth-order valence-corrected chi connectivity index (χ4v) is 6.16. The molecule has 2 unspecified atom stereocenters. The van der Waals surface area contributed by atoms with Gasteiger partial charge in [0.1, 0.15) is 6.61 Å². The van der Waals surface area contributed by atoms with E-state index in [9.17, 15) is 9.18 Å². The zero-order chi connectivity index (χ0) is 23.2. The zero-order valence-electron chi connectivity index (χ0n) is 18.6. The molecule has 1 fully saturated rings. The van der Waals surface area contributed by atoms with E-state index in [1.165, 1.54) is 28.5 Å². The number of hydrogen-bond donors (Lipinski definition) is 0. The van der Waals surface area contributed by atoms with E-state index in [0.29, 0.717) is 18.6 Å². The highest BCUT2D eigenvalue weighted by atomic mass is 79.9. The predicted octanol–water partition coefficient (Wildman–Crippen LogP) is 6.94. The van der Waals surface area contributed by atoms with E-state index in [4.69, 9.17) is 4.74 Å². The molecule has 1 aliphatic carbocycles. The van der Waals surface area contributed by atoms with Gasteiger partial charge in [-0.15, -0.1) is 0 Å². The van der Waals surface area contributed by atoms with Crippen LogP contribution in [0.15, 0.2) is 71.3 Å². The van der Waals surface area contributed by atoms with E-state index in [2.05, 4.69) is 45.2 Å². The summed E-state index contributed by atoms with van der Waals surface area (Å²) in [6, 6.07) is 18.4. The summed E-state index contributed by atoms with van der Waals surface area (Å²) in [6.07, 6.45) is 6.62. The summed E-state index contributed by atoms with van der Waals surface area (Å²) in [5, 5.41) is 0. The van der Waals surface area contributed by atoms with Crippen molar-refractivity contribution in [3.8, 4) is 11.1 Å². The lowest BCUT2D eigenvalue weighted by molar-refractivity contribution is 0.0538. The molecule has 0 radical (unpaired) electrons. The predicted molar refractivity (Wildman–Crippen MR) is 133 cm³/mol. The van der Waals surface area contributed by atoms with E-state index < -0.39 is 5.95 Å². The topological polar surface area (TPSA) is 42.4 Å². The highest BCUT2D eigenvalue weighted by molar-refractivity contribution is 9.10. The number of hydrogen-bond acceptors (Lipinski definition) is 3. The lowest BCUT2D eigenvalue weighted by Gasteiger charge is -2.44. The van der Waals surface area contributed by atoms with Crippen molar-refractivity contribution in [2.24, 2.45) is 0 Å². The number of amides is 1. The first-order valence-corrected chi connectivity index (χ1v) is 12.5. The van der Waals surface area contributed by atoms with Gasteiger partial charge in [0.15, 0.2) is 0 Å². The fraction of sp³-hybridized carbons (Fsp3) is 0.286. The Morgan fingerprint density at radius 2 is 1.76 bits per heavy atom. The number of carbonyl (C=O) groups excluding carboxylic acids is 1. The third-order valence-corrected chi connectivity index (χ3v) is 7.77. The second-order valence-corrected chi connectivity index (χ2v) is 10.2. The molecular weight excluding hydrogens is 495 g/mol. The zero-order valence-corrected chi connectivity index (χ0v) is 20.2. The molecule has 172 valence electrons. The number of piperidine rings is 1. The molecule has 2 aromatic carbocycles. The third kappa shape index (κ3) is 3.65. The Bertz CT molecular complexity index is 1260. The van der Waals surface area contributed by atoms with Crippen molar-refractivity contribution in [2.45, 2.75) is 43.7 Å². The van der Waals surface area contributed by atoms with E-state index in [0.717, 1.165) is 29.3 Å². The molecular formula is C28H24BrFN2O2. The van der Waals surface area contributed by atoms with Crippen molar-refractivity contribution < 1.29 is 13.9 Å². The highest BCUT2D eigenvalue weighted by Gasteiger charge is 2.39. The Balaban J connectivity index is 1.23. The Morgan fingerprint density at radius 1 is 1.06 bits per heavy atom. The number of fused-ring (bicyclic) bond motifs is 5. The van der Waals surface area contributed by atoms with Gasteiger partial charge in [-0.1, -0.05) is 54.6 Å². The number of halogens is 2. The average Bonchev–Trinajstić information content (AvgIpc) is 3.17. The summed E-state index contributed by atoms with van der Waals surface area (Å²) in [4.78, 5) is 19.1. The molecule has 3 aliphatic rings. The molecule has 4 nitrogen and oxygen atoms in total. The van der Waals surface area contributed by atoms with Gasteiger partial charge in [0.05, 0.1) is 6.04 Å². The van der Waals surface area contributed by atoms with Crippen molar-refractivity contribution in [1.29, 1.82) is 0 Å². The first-order chi connectivity index (χ1) is 16.6. The Labute approximate surface area is 206 Å². The van der Waals surface area contributed by atoms with Gasteiger partial charge < -0.3 is 4.74 Å². The monoisotopic (exact) mass is 518 g/mol. The van der Waals surface area contributed by atoms with Crippen molar-refractivity contribution in [3.63, 3.8) is 0 Å². The molecule has 3 heterocycles. The molecule has 34 heavy (non-hydrogen) atoms. The van der Waals surface area contributed by atoms with Gasteiger partial charge in [-0.05, 0) is 75.5 Å². The SMILES string of the molecule is O=C(OCC1c2ccccc2-c2ccccc21)N1C2C=C(c3cc(Br)cnc3F)CC1CCC2. The number of aromatic nitrogens is 1. The standard InChI is InChI=1S/C28H24BrFN2O2/c29-18-14-25(27(30)31-15-18)17-12-19-6-5-7-20(13-17)32(19)28(33)34-16-26-23-10-3-1-8-21(23)22-9-2-4-11-24(22)26/h1-4,8-12,14-15,19-20,26H,5-7,13,16H2. The van der Waals surface area contributed by atoms with E-state index >= 15 is 0 Å². The van der Waals surface area contributed by atoms with Crippen LogP contribution in [0.3, 0.4) is 0 Å². The molecule has 1 amide bonds. The summed E-state index contributed by atoms with van der Waals surface area (Å²) >= 11 is 3.39. The van der Waals surface area contributed by atoms with Crippen LogP contribution in [0.2, 0.25) is 0 Å².